The van der Waals surface area contributed by atoms with Gasteiger partial charge in [0.25, 0.3) is 0 Å². The molecule has 0 bridgehead atoms. The van der Waals surface area contributed by atoms with Crippen molar-refractivity contribution in [1.29, 1.82) is 0 Å². The van der Waals surface area contributed by atoms with Crippen molar-refractivity contribution < 1.29 is 9.47 Å². The van der Waals surface area contributed by atoms with Gasteiger partial charge in [0.1, 0.15) is 5.82 Å². The van der Waals surface area contributed by atoms with Gasteiger partial charge in [0.15, 0.2) is 0 Å². The molecule has 5 heteroatoms. The van der Waals surface area contributed by atoms with Gasteiger partial charge >= 0.3 is 0 Å². The normalized spacial score (nSPS) is 12.4. The lowest BCUT2D eigenvalue weighted by atomic mass is 10.2. The van der Waals surface area contributed by atoms with Gasteiger partial charge in [-0.05, 0) is 30.7 Å². The lowest BCUT2D eigenvalue weighted by Gasteiger charge is -2.15. The Balaban J connectivity index is 2.42. The second-order valence-electron chi connectivity index (χ2n) is 4.42. The van der Waals surface area contributed by atoms with Crippen LogP contribution in [0.1, 0.15) is 18.9 Å². The fourth-order valence-corrected chi connectivity index (χ4v) is 1.71. The van der Waals surface area contributed by atoms with Crippen LogP contribution in [0.4, 0.5) is 5.82 Å². The van der Waals surface area contributed by atoms with Crippen LogP contribution in [0.3, 0.4) is 0 Å². The number of rotatable bonds is 10. The Labute approximate surface area is 115 Å². The molecule has 0 fully saturated rings. The van der Waals surface area contributed by atoms with E-state index in [1.807, 2.05) is 12.3 Å². The average Bonchev–Trinajstić information content (AvgIpc) is 2.44. The quantitative estimate of drug-likeness (QED) is 0.631. The first-order chi connectivity index (χ1) is 9.30. The van der Waals surface area contributed by atoms with Crippen LogP contribution < -0.4 is 10.6 Å². The maximum absolute atomic E-state index is 5.29. The number of hydrogen-bond acceptors (Lipinski definition) is 5. The molecular formula is C14H25N3O2. The van der Waals surface area contributed by atoms with Crippen LogP contribution in [0.15, 0.2) is 18.3 Å². The minimum absolute atomic E-state index is 0.0358. The van der Waals surface area contributed by atoms with Crippen molar-refractivity contribution in [3.8, 4) is 0 Å². The van der Waals surface area contributed by atoms with Crippen LogP contribution in [-0.2, 0) is 16.0 Å². The molecule has 0 radical (unpaired) electrons. The number of ether oxygens (including phenoxy) is 2. The van der Waals surface area contributed by atoms with Gasteiger partial charge in [-0.15, -0.1) is 0 Å². The highest BCUT2D eigenvalue weighted by molar-refractivity contribution is 5.37. The second kappa shape index (κ2) is 9.72. The summed E-state index contributed by atoms with van der Waals surface area (Å²) in [5.74, 6) is 0.869. The Bertz CT molecular complexity index is 347. The molecule has 0 aliphatic heterocycles. The fraction of sp³-hybridized carbons (Fsp3) is 0.643. The van der Waals surface area contributed by atoms with E-state index in [0.717, 1.165) is 25.3 Å². The molecule has 1 aromatic rings. The van der Waals surface area contributed by atoms with Crippen molar-refractivity contribution in [2.75, 3.05) is 39.2 Å². The molecule has 0 aliphatic carbocycles. The Morgan fingerprint density at radius 2 is 2.21 bits per heavy atom. The monoisotopic (exact) mass is 267 g/mol. The number of aromatic nitrogens is 1. The predicted molar refractivity (Wildman–Crippen MR) is 77.4 cm³/mol. The molecule has 1 atom stereocenters. The van der Waals surface area contributed by atoms with Crippen LogP contribution in [0.5, 0.6) is 0 Å². The van der Waals surface area contributed by atoms with Crippen molar-refractivity contribution >= 4 is 5.82 Å². The first kappa shape index (κ1) is 15.9. The van der Waals surface area contributed by atoms with Crippen LogP contribution in [-0.4, -0.2) is 45.0 Å². The summed E-state index contributed by atoms with van der Waals surface area (Å²) in [5.41, 5.74) is 1.23. The number of hydrogen-bond donors (Lipinski definition) is 2. The van der Waals surface area contributed by atoms with Crippen LogP contribution in [0.25, 0.3) is 0 Å². The smallest absolute Gasteiger partial charge is 0.126 e. The van der Waals surface area contributed by atoms with Gasteiger partial charge < -0.3 is 20.1 Å². The Morgan fingerprint density at radius 1 is 1.37 bits per heavy atom. The lowest BCUT2D eigenvalue weighted by Crippen LogP contribution is -2.26. The minimum Gasteiger partial charge on any atom is -0.382 e. The number of nitrogens with zero attached hydrogens (tertiary/aromatic N) is 1. The molecule has 1 heterocycles. The summed E-state index contributed by atoms with van der Waals surface area (Å²) in [7, 11) is 3.36. The third kappa shape index (κ3) is 6.52. The van der Waals surface area contributed by atoms with E-state index in [1.54, 1.807) is 14.2 Å². The summed E-state index contributed by atoms with van der Waals surface area (Å²) in [4.78, 5) is 4.30. The average molecular weight is 267 g/mol. The van der Waals surface area contributed by atoms with E-state index in [4.69, 9.17) is 9.47 Å². The Morgan fingerprint density at radius 3 is 2.89 bits per heavy atom. The van der Waals surface area contributed by atoms with E-state index in [0.29, 0.717) is 13.2 Å². The Hall–Kier alpha value is -1.17. The molecular weight excluding hydrogens is 242 g/mol. The summed E-state index contributed by atoms with van der Waals surface area (Å²) >= 11 is 0. The summed E-state index contributed by atoms with van der Waals surface area (Å²) in [5, 5.41) is 6.64. The molecule has 0 amide bonds. The molecule has 5 nitrogen and oxygen atoms in total. The maximum Gasteiger partial charge on any atom is 0.126 e. The van der Waals surface area contributed by atoms with E-state index >= 15 is 0 Å². The molecule has 0 saturated carbocycles. The van der Waals surface area contributed by atoms with E-state index in [1.165, 1.54) is 5.56 Å². The van der Waals surface area contributed by atoms with Gasteiger partial charge in [0.2, 0.25) is 0 Å². The molecule has 108 valence electrons. The summed E-state index contributed by atoms with van der Waals surface area (Å²) < 4.78 is 10.4. The van der Waals surface area contributed by atoms with Crippen molar-refractivity contribution in [3.63, 3.8) is 0 Å². The molecule has 19 heavy (non-hydrogen) atoms. The van der Waals surface area contributed by atoms with Crippen molar-refractivity contribution in [2.45, 2.75) is 26.0 Å². The summed E-state index contributed by atoms with van der Waals surface area (Å²) in [6.45, 7) is 5.32. The zero-order valence-corrected chi connectivity index (χ0v) is 12.1. The van der Waals surface area contributed by atoms with E-state index in [-0.39, 0.29) is 6.10 Å². The van der Waals surface area contributed by atoms with E-state index in [9.17, 15) is 0 Å². The second-order valence-corrected chi connectivity index (χ2v) is 4.42. The number of nitrogens with one attached hydrogen (secondary N) is 2. The maximum atomic E-state index is 5.29. The number of anilines is 1. The minimum atomic E-state index is 0.0358. The van der Waals surface area contributed by atoms with Crippen molar-refractivity contribution in [3.05, 3.63) is 23.9 Å². The number of methoxy groups -OCH3 is 2. The largest absolute Gasteiger partial charge is 0.382 e. The predicted octanol–water partition coefficient (Wildman–Crippen LogP) is 1.65. The molecule has 1 unspecified atom stereocenters. The standard InChI is InChI=1S/C14H25N3O2/c1-4-6-15-9-12-5-7-16-14(8-12)17-10-13(19-3)11-18-2/h5,7-8,13,15H,4,6,9-11H2,1-3H3,(H,16,17). The molecule has 1 aromatic heterocycles. The third-order valence-corrected chi connectivity index (χ3v) is 2.78. The first-order valence-corrected chi connectivity index (χ1v) is 6.71. The molecule has 0 aliphatic rings. The summed E-state index contributed by atoms with van der Waals surface area (Å²) in [6.07, 6.45) is 3.00. The van der Waals surface area contributed by atoms with Crippen molar-refractivity contribution in [1.82, 2.24) is 10.3 Å². The van der Waals surface area contributed by atoms with Gasteiger partial charge in [0, 0.05) is 33.5 Å². The molecule has 0 aromatic carbocycles. The van der Waals surface area contributed by atoms with Gasteiger partial charge in [-0.3, -0.25) is 0 Å². The fourth-order valence-electron chi connectivity index (χ4n) is 1.71. The van der Waals surface area contributed by atoms with Crippen molar-refractivity contribution in [2.24, 2.45) is 0 Å². The molecule has 0 spiro atoms. The topological polar surface area (TPSA) is 55.4 Å². The van der Waals surface area contributed by atoms with Crippen LogP contribution >= 0.6 is 0 Å². The lowest BCUT2D eigenvalue weighted by molar-refractivity contribution is 0.0365. The highest BCUT2D eigenvalue weighted by Gasteiger charge is 2.06. The van der Waals surface area contributed by atoms with Gasteiger partial charge in [-0.1, -0.05) is 6.92 Å². The van der Waals surface area contributed by atoms with E-state index in [2.05, 4.69) is 28.6 Å². The third-order valence-electron chi connectivity index (χ3n) is 2.78. The highest BCUT2D eigenvalue weighted by Crippen LogP contribution is 2.07. The molecule has 2 N–H and O–H groups in total. The van der Waals surface area contributed by atoms with Crippen LogP contribution in [0.2, 0.25) is 0 Å². The highest BCUT2D eigenvalue weighted by atomic mass is 16.5. The van der Waals surface area contributed by atoms with Gasteiger partial charge in [-0.25, -0.2) is 4.98 Å². The SMILES string of the molecule is CCCNCc1ccnc(NCC(COC)OC)c1. The zero-order chi connectivity index (χ0) is 13.9. The van der Waals surface area contributed by atoms with E-state index < -0.39 is 0 Å². The summed E-state index contributed by atoms with van der Waals surface area (Å²) in [6, 6.07) is 4.08. The zero-order valence-electron chi connectivity index (χ0n) is 12.1. The first-order valence-electron chi connectivity index (χ1n) is 6.71. The van der Waals surface area contributed by atoms with Crippen LogP contribution in [0, 0.1) is 0 Å². The molecule has 0 saturated heterocycles. The molecule has 1 rings (SSSR count). The van der Waals surface area contributed by atoms with Gasteiger partial charge in [-0.2, -0.15) is 0 Å². The van der Waals surface area contributed by atoms with Gasteiger partial charge in [0.05, 0.1) is 12.7 Å². The number of pyridine rings is 1. The Kier molecular flexibility index (Phi) is 8.13.